The van der Waals surface area contributed by atoms with Gasteiger partial charge in [-0.1, -0.05) is 6.92 Å². The second-order valence-electron chi connectivity index (χ2n) is 3.74. The molecule has 1 aromatic heterocycles. The summed E-state index contributed by atoms with van der Waals surface area (Å²) in [6, 6.07) is 1.85. The molecule has 0 bridgehead atoms. The predicted molar refractivity (Wildman–Crippen MR) is 70.4 cm³/mol. The lowest BCUT2D eigenvalue weighted by molar-refractivity contribution is 0.0984. The minimum absolute atomic E-state index is 0.131. The summed E-state index contributed by atoms with van der Waals surface area (Å²) in [5.74, 6) is 3.45. The Bertz CT molecular complexity index is 359. The van der Waals surface area contributed by atoms with Crippen LogP contribution in [0.1, 0.15) is 23.8 Å². The van der Waals surface area contributed by atoms with Crippen LogP contribution >= 0.6 is 23.5 Å². The molecule has 1 aromatic rings. The number of hydrogen-bond donors (Lipinski definition) is 0. The van der Waals surface area contributed by atoms with Gasteiger partial charge in [0.1, 0.15) is 5.69 Å². The van der Waals surface area contributed by atoms with Gasteiger partial charge >= 0.3 is 0 Å². The smallest absolute Gasteiger partial charge is 0.194 e. The van der Waals surface area contributed by atoms with E-state index >= 15 is 0 Å². The molecule has 1 unspecified atom stereocenters. The van der Waals surface area contributed by atoms with Crippen LogP contribution in [0.5, 0.6) is 0 Å². The van der Waals surface area contributed by atoms with Crippen molar-refractivity contribution in [1.29, 1.82) is 0 Å². The summed E-state index contributed by atoms with van der Waals surface area (Å²) in [5.41, 5.74) is 0.779. The van der Waals surface area contributed by atoms with Gasteiger partial charge in [-0.25, -0.2) is 0 Å². The Balaban J connectivity index is 2.09. The number of thioether (sulfide) groups is 2. The summed E-state index contributed by atoms with van der Waals surface area (Å²) in [6.07, 6.45) is 2.73. The molecule has 0 radical (unpaired) electrons. The van der Waals surface area contributed by atoms with Crippen LogP contribution in [0.25, 0.3) is 0 Å². The monoisotopic (exact) mass is 256 g/mol. The zero-order valence-electron chi connectivity index (χ0n) is 9.39. The standard InChI is InChI=1S/C11H16N2OS2/c1-2-5-13-9(3-4-12-13)11(14)10-8-15-6-7-16-10/h3-4,10H,2,5-8H2,1H3. The Labute approximate surface area is 104 Å². The Hall–Kier alpha value is -0.420. The minimum Gasteiger partial charge on any atom is -0.291 e. The molecule has 1 aliphatic rings. The maximum atomic E-state index is 12.3. The third kappa shape index (κ3) is 2.63. The first-order valence-corrected chi connectivity index (χ1v) is 7.78. The first-order valence-electron chi connectivity index (χ1n) is 5.58. The number of hydrogen-bond acceptors (Lipinski definition) is 4. The number of Topliss-reactive ketones (excluding diaryl/α,β-unsaturated/α-hetero) is 1. The maximum Gasteiger partial charge on any atom is 0.194 e. The van der Waals surface area contributed by atoms with Crippen LogP contribution in [0.4, 0.5) is 0 Å². The van der Waals surface area contributed by atoms with Crippen LogP contribution in [0.15, 0.2) is 12.3 Å². The Morgan fingerprint density at radius 1 is 1.62 bits per heavy atom. The normalized spacial score (nSPS) is 20.9. The summed E-state index contributed by atoms with van der Waals surface area (Å²) in [6.45, 7) is 2.93. The van der Waals surface area contributed by atoms with Crippen LogP contribution in [-0.4, -0.2) is 38.1 Å². The molecule has 0 N–H and O–H groups in total. The van der Waals surface area contributed by atoms with Crippen LogP contribution in [-0.2, 0) is 6.54 Å². The predicted octanol–water partition coefficient (Wildman–Crippen LogP) is 2.32. The Morgan fingerprint density at radius 3 is 3.19 bits per heavy atom. The van der Waals surface area contributed by atoms with Gasteiger partial charge in [-0.05, 0) is 12.5 Å². The van der Waals surface area contributed by atoms with Crippen molar-refractivity contribution >= 4 is 29.3 Å². The zero-order valence-corrected chi connectivity index (χ0v) is 11.0. The van der Waals surface area contributed by atoms with Gasteiger partial charge in [-0.15, -0.1) is 11.8 Å². The molecule has 2 heterocycles. The lowest BCUT2D eigenvalue weighted by atomic mass is 10.2. The Kier molecular flexibility index (Phi) is 4.35. The summed E-state index contributed by atoms with van der Waals surface area (Å²) in [5, 5.41) is 4.33. The highest BCUT2D eigenvalue weighted by atomic mass is 32.2. The molecule has 1 fully saturated rings. The molecule has 2 rings (SSSR count). The van der Waals surface area contributed by atoms with Crippen LogP contribution in [0, 0.1) is 0 Å². The fourth-order valence-electron chi connectivity index (χ4n) is 1.74. The number of aromatic nitrogens is 2. The van der Waals surface area contributed by atoms with Gasteiger partial charge < -0.3 is 0 Å². The van der Waals surface area contributed by atoms with E-state index in [1.54, 1.807) is 18.0 Å². The largest absolute Gasteiger partial charge is 0.291 e. The zero-order chi connectivity index (χ0) is 11.4. The maximum absolute atomic E-state index is 12.3. The van der Waals surface area contributed by atoms with Crippen molar-refractivity contribution in [2.75, 3.05) is 17.3 Å². The van der Waals surface area contributed by atoms with Gasteiger partial charge in [0, 0.05) is 30.0 Å². The van der Waals surface area contributed by atoms with Crippen molar-refractivity contribution in [3.8, 4) is 0 Å². The molecule has 16 heavy (non-hydrogen) atoms. The van der Waals surface area contributed by atoms with Crippen molar-refractivity contribution in [1.82, 2.24) is 9.78 Å². The molecule has 0 amide bonds. The lowest BCUT2D eigenvalue weighted by Crippen LogP contribution is -2.26. The third-order valence-corrected chi connectivity index (χ3v) is 5.27. The van der Waals surface area contributed by atoms with E-state index in [0.29, 0.717) is 0 Å². The van der Waals surface area contributed by atoms with Gasteiger partial charge in [0.2, 0.25) is 0 Å². The van der Waals surface area contributed by atoms with Crippen molar-refractivity contribution in [3.05, 3.63) is 18.0 Å². The highest BCUT2D eigenvalue weighted by molar-refractivity contribution is 8.07. The molecule has 1 aliphatic heterocycles. The second kappa shape index (κ2) is 5.77. The van der Waals surface area contributed by atoms with E-state index in [4.69, 9.17) is 0 Å². The van der Waals surface area contributed by atoms with Crippen LogP contribution in [0.3, 0.4) is 0 Å². The number of carbonyl (C=O) groups is 1. The Morgan fingerprint density at radius 2 is 2.50 bits per heavy atom. The molecule has 0 saturated carbocycles. The SMILES string of the molecule is CCCn1nccc1C(=O)C1CSCCS1. The van der Waals surface area contributed by atoms with Gasteiger partial charge in [-0.3, -0.25) is 9.48 Å². The number of nitrogens with zero attached hydrogens (tertiary/aromatic N) is 2. The fourth-order valence-corrected chi connectivity index (χ4v) is 4.35. The number of ketones is 1. The van der Waals surface area contributed by atoms with Crippen molar-refractivity contribution in [3.63, 3.8) is 0 Å². The fraction of sp³-hybridized carbons (Fsp3) is 0.636. The molecule has 5 heteroatoms. The van der Waals surface area contributed by atoms with Gasteiger partial charge in [0.15, 0.2) is 5.78 Å². The van der Waals surface area contributed by atoms with E-state index in [9.17, 15) is 4.79 Å². The molecule has 1 saturated heterocycles. The van der Waals surface area contributed by atoms with E-state index in [1.807, 2.05) is 22.5 Å². The highest BCUT2D eigenvalue weighted by Gasteiger charge is 2.25. The molecule has 1 atom stereocenters. The first-order chi connectivity index (χ1) is 7.83. The molecule has 3 nitrogen and oxygen atoms in total. The number of rotatable bonds is 4. The molecule has 88 valence electrons. The van der Waals surface area contributed by atoms with Gasteiger partial charge in [0.05, 0.1) is 5.25 Å². The molecule has 0 aliphatic carbocycles. The van der Waals surface area contributed by atoms with Crippen LogP contribution < -0.4 is 0 Å². The number of carbonyl (C=O) groups excluding carboxylic acids is 1. The van der Waals surface area contributed by atoms with E-state index in [0.717, 1.165) is 30.2 Å². The minimum atomic E-state index is 0.131. The summed E-state index contributed by atoms with van der Waals surface area (Å²) < 4.78 is 1.84. The average Bonchev–Trinajstić information content (AvgIpc) is 2.78. The summed E-state index contributed by atoms with van der Waals surface area (Å²) in [7, 11) is 0. The van der Waals surface area contributed by atoms with Gasteiger partial charge in [-0.2, -0.15) is 16.9 Å². The molecule has 0 spiro atoms. The van der Waals surface area contributed by atoms with E-state index in [2.05, 4.69) is 12.0 Å². The molecular formula is C11H16N2OS2. The highest BCUT2D eigenvalue weighted by Crippen LogP contribution is 2.26. The summed E-state index contributed by atoms with van der Waals surface area (Å²) in [4.78, 5) is 12.3. The van der Waals surface area contributed by atoms with E-state index < -0.39 is 0 Å². The topological polar surface area (TPSA) is 34.9 Å². The van der Waals surface area contributed by atoms with Crippen molar-refractivity contribution < 1.29 is 4.79 Å². The van der Waals surface area contributed by atoms with E-state index in [1.165, 1.54) is 5.75 Å². The molecule has 0 aromatic carbocycles. The molecular weight excluding hydrogens is 240 g/mol. The lowest BCUT2D eigenvalue weighted by Gasteiger charge is -2.19. The average molecular weight is 256 g/mol. The van der Waals surface area contributed by atoms with Gasteiger partial charge in [0.25, 0.3) is 0 Å². The van der Waals surface area contributed by atoms with Crippen molar-refractivity contribution in [2.24, 2.45) is 0 Å². The van der Waals surface area contributed by atoms with Crippen LogP contribution in [0.2, 0.25) is 0 Å². The second-order valence-corrected chi connectivity index (χ2v) is 6.20. The van der Waals surface area contributed by atoms with Crippen molar-refractivity contribution in [2.45, 2.75) is 25.1 Å². The quantitative estimate of drug-likeness (QED) is 0.774. The third-order valence-electron chi connectivity index (χ3n) is 2.51. The summed E-state index contributed by atoms with van der Waals surface area (Å²) >= 11 is 3.66. The van der Waals surface area contributed by atoms with E-state index in [-0.39, 0.29) is 11.0 Å². The number of aryl methyl sites for hydroxylation is 1. The first kappa shape index (κ1) is 12.0.